The Bertz CT molecular complexity index is 1560. The molecule has 7 rings (SSSR count). The number of rotatable bonds is 6. The van der Waals surface area contributed by atoms with E-state index in [1.165, 1.54) is 6.08 Å². The molecular weight excluding hydrogens is 573 g/mol. The smallest absolute Gasteiger partial charge is 0.245 e. The zero-order valence-electron chi connectivity index (χ0n) is 24.8. The number of likely N-dealkylation sites (tertiary alicyclic amines) is 1. The molecule has 1 atom stereocenters. The molecule has 1 N–H and O–H groups in total. The quantitative estimate of drug-likeness (QED) is 0.372. The fourth-order valence-corrected chi connectivity index (χ4v) is 8.36. The van der Waals surface area contributed by atoms with Crippen molar-refractivity contribution in [2.75, 3.05) is 44.8 Å². The summed E-state index contributed by atoms with van der Waals surface area (Å²) in [4.78, 5) is 19.0. The lowest BCUT2D eigenvalue weighted by Gasteiger charge is -2.58. The van der Waals surface area contributed by atoms with E-state index in [4.69, 9.17) is 33.0 Å². The van der Waals surface area contributed by atoms with E-state index in [2.05, 4.69) is 59.1 Å². The number of anilines is 1. The van der Waals surface area contributed by atoms with E-state index in [9.17, 15) is 4.79 Å². The summed E-state index contributed by atoms with van der Waals surface area (Å²) in [5.41, 5.74) is 3.89. The minimum absolute atomic E-state index is 0.0183. The molecule has 3 aliphatic heterocycles. The molecule has 224 valence electrons. The normalized spacial score (nSPS) is 23.7. The highest BCUT2D eigenvalue weighted by Gasteiger charge is 2.55. The SMILES string of the molecule is C=CC(=O)N1CC2(CC(n3nc(N4CCC(N(C)C5COC5)CC4(C)C)c(-c4c(Cl)c(Cl)cc5[nH]ncc45)c3C)C2)C1. The van der Waals surface area contributed by atoms with Crippen LogP contribution in [0.1, 0.15) is 51.3 Å². The van der Waals surface area contributed by atoms with Gasteiger partial charge in [-0.1, -0.05) is 29.8 Å². The summed E-state index contributed by atoms with van der Waals surface area (Å²) in [6, 6.07) is 3.09. The number of hydrogen-bond acceptors (Lipinski definition) is 6. The zero-order chi connectivity index (χ0) is 29.6. The molecule has 1 unspecified atom stereocenters. The highest BCUT2D eigenvalue weighted by atomic mass is 35.5. The van der Waals surface area contributed by atoms with Crippen LogP contribution in [0.15, 0.2) is 24.9 Å². The number of likely N-dealkylation sites (N-methyl/N-ethyl adjacent to an activating group) is 1. The number of halogens is 2. The molecule has 1 amide bonds. The van der Waals surface area contributed by atoms with Crippen molar-refractivity contribution >= 4 is 45.8 Å². The van der Waals surface area contributed by atoms with Gasteiger partial charge in [0.1, 0.15) is 0 Å². The number of benzene rings is 1. The number of aromatic amines is 1. The number of hydrogen-bond donors (Lipinski definition) is 1. The summed E-state index contributed by atoms with van der Waals surface area (Å²) in [7, 11) is 2.24. The third-order valence-corrected chi connectivity index (χ3v) is 11.2. The lowest BCUT2D eigenvalue weighted by molar-refractivity contribution is -0.149. The van der Waals surface area contributed by atoms with Crippen molar-refractivity contribution in [1.82, 2.24) is 29.8 Å². The zero-order valence-corrected chi connectivity index (χ0v) is 26.3. The maximum Gasteiger partial charge on any atom is 0.245 e. The first kappa shape index (κ1) is 28.2. The number of aromatic nitrogens is 4. The van der Waals surface area contributed by atoms with Crippen molar-refractivity contribution in [1.29, 1.82) is 0 Å². The largest absolute Gasteiger partial charge is 0.378 e. The molecule has 1 saturated carbocycles. The number of fused-ring (bicyclic) bond motifs is 1. The third kappa shape index (κ3) is 4.30. The number of amides is 1. The van der Waals surface area contributed by atoms with Crippen LogP contribution in [-0.2, 0) is 9.53 Å². The molecule has 4 aliphatic rings. The lowest BCUT2D eigenvalue weighted by atomic mass is 9.60. The Balaban J connectivity index is 1.26. The van der Waals surface area contributed by atoms with Crippen LogP contribution in [0.5, 0.6) is 0 Å². The van der Waals surface area contributed by atoms with Crippen molar-refractivity contribution in [3.8, 4) is 11.1 Å². The van der Waals surface area contributed by atoms with Crippen LogP contribution in [0.3, 0.4) is 0 Å². The summed E-state index contributed by atoms with van der Waals surface area (Å²) < 4.78 is 7.71. The van der Waals surface area contributed by atoms with Gasteiger partial charge in [0.05, 0.1) is 47.1 Å². The van der Waals surface area contributed by atoms with Gasteiger partial charge in [-0.05, 0) is 65.6 Å². The molecule has 2 aromatic heterocycles. The maximum atomic E-state index is 12.1. The van der Waals surface area contributed by atoms with Crippen molar-refractivity contribution in [2.24, 2.45) is 5.41 Å². The average molecular weight is 613 g/mol. The van der Waals surface area contributed by atoms with Gasteiger partial charge in [-0.25, -0.2) is 0 Å². The number of piperidine rings is 1. The van der Waals surface area contributed by atoms with Gasteiger partial charge in [0, 0.05) is 58.8 Å². The molecule has 0 radical (unpaired) electrons. The number of ether oxygens (including phenoxy) is 1. The van der Waals surface area contributed by atoms with Gasteiger partial charge >= 0.3 is 0 Å². The number of H-pyrrole nitrogens is 1. The van der Waals surface area contributed by atoms with Gasteiger partial charge in [0.25, 0.3) is 0 Å². The number of nitrogens with one attached hydrogen (secondary N) is 1. The highest BCUT2D eigenvalue weighted by molar-refractivity contribution is 6.45. The van der Waals surface area contributed by atoms with Crippen LogP contribution in [0.4, 0.5) is 5.82 Å². The van der Waals surface area contributed by atoms with Crippen LogP contribution in [0, 0.1) is 12.3 Å². The molecular formula is C31H39Cl2N7O2. The second kappa shape index (κ2) is 9.97. The first-order valence-electron chi connectivity index (χ1n) is 14.9. The van der Waals surface area contributed by atoms with Gasteiger partial charge in [0.15, 0.2) is 5.82 Å². The Morgan fingerprint density at radius 1 is 1.19 bits per heavy atom. The number of carbonyl (C=O) groups is 1. The fraction of sp³-hybridized carbons (Fsp3) is 0.581. The van der Waals surface area contributed by atoms with Gasteiger partial charge in [-0.2, -0.15) is 10.2 Å². The standard InChI is InChI=1S/C31H39Cl2N7O2/c1-6-25(41)38-16-31(17-38)11-20(12-31)40-18(2)26(27-22-13-34-35-24(22)9-23(32)28(27)33)29(36-40)39-8-7-19(10-30(39,3)4)37(5)21-14-42-15-21/h6,9,13,19-21H,1,7-8,10-12,14-17H2,2-5H3,(H,34,35). The minimum atomic E-state index is -0.136. The Morgan fingerprint density at radius 3 is 2.57 bits per heavy atom. The maximum absolute atomic E-state index is 12.1. The van der Waals surface area contributed by atoms with Gasteiger partial charge in [-0.15, -0.1) is 0 Å². The monoisotopic (exact) mass is 611 g/mol. The van der Waals surface area contributed by atoms with Crippen molar-refractivity contribution < 1.29 is 9.53 Å². The third-order valence-electron chi connectivity index (χ3n) is 10.4. The van der Waals surface area contributed by atoms with Gasteiger partial charge in [-0.3, -0.25) is 19.5 Å². The Morgan fingerprint density at radius 2 is 1.93 bits per heavy atom. The molecule has 1 aromatic carbocycles. The Labute approximate surface area is 256 Å². The van der Waals surface area contributed by atoms with E-state index < -0.39 is 0 Å². The fourth-order valence-electron chi connectivity index (χ4n) is 7.90. The molecule has 1 aliphatic carbocycles. The summed E-state index contributed by atoms with van der Waals surface area (Å²) >= 11 is 13.7. The van der Waals surface area contributed by atoms with Crippen LogP contribution < -0.4 is 4.90 Å². The lowest BCUT2D eigenvalue weighted by Crippen LogP contribution is -2.63. The van der Waals surface area contributed by atoms with E-state index in [0.717, 1.165) is 92.1 Å². The number of carbonyl (C=O) groups excluding carboxylic acids is 1. The minimum Gasteiger partial charge on any atom is -0.378 e. The molecule has 5 heterocycles. The summed E-state index contributed by atoms with van der Waals surface area (Å²) in [5, 5.41) is 14.8. The second-order valence-electron chi connectivity index (χ2n) is 13.5. The summed E-state index contributed by atoms with van der Waals surface area (Å²) in [6.45, 7) is 14.6. The van der Waals surface area contributed by atoms with Crippen molar-refractivity contribution in [2.45, 2.75) is 70.1 Å². The molecule has 3 aromatic rings. The van der Waals surface area contributed by atoms with Gasteiger partial charge < -0.3 is 14.5 Å². The van der Waals surface area contributed by atoms with E-state index in [-0.39, 0.29) is 22.9 Å². The molecule has 3 saturated heterocycles. The van der Waals surface area contributed by atoms with Crippen LogP contribution in [0.2, 0.25) is 10.0 Å². The summed E-state index contributed by atoms with van der Waals surface area (Å²) in [6.07, 6.45) is 7.31. The van der Waals surface area contributed by atoms with Crippen LogP contribution in [-0.4, -0.2) is 93.2 Å². The highest BCUT2D eigenvalue weighted by Crippen LogP contribution is 2.56. The van der Waals surface area contributed by atoms with Crippen LogP contribution in [0.25, 0.3) is 22.0 Å². The molecule has 11 heteroatoms. The predicted molar refractivity (Wildman–Crippen MR) is 166 cm³/mol. The Hall–Kier alpha value is -2.59. The second-order valence-corrected chi connectivity index (χ2v) is 14.3. The first-order valence-corrected chi connectivity index (χ1v) is 15.7. The molecule has 0 bridgehead atoms. The summed E-state index contributed by atoms with van der Waals surface area (Å²) in [5.74, 6) is 0.972. The Kier molecular flexibility index (Phi) is 6.70. The molecule has 4 fully saturated rings. The van der Waals surface area contributed by atoms with E-state index >= 15 is 0 Å². The average Bonchev–Trinajstić information content (AvgIpc) is 3.45. The van der Waals surface area contributed by atoms with Gasteiger partial charge in [0.2, 0.25) is 5.91 Å². The van der Waals surface area contributed by atoms with E-state index in [1.54, 1.807) is 0 Å². The van der Waals surface area contributed by atoms with Crippen LogP contribution >= 0.6 is 23.2 Å². The molecule has 9 nitrogen and oxygen atoms in total. The van der Waals surface area contributed by atoms with E-state index in [1.807, 2.05) is 17.2 Å². The van der Waals surface area contributed by atoms with E-state index in [0.29, 0.717) is 22.1 Å². The predicted octanol–water partition coefficient (Wildman–Crippen LogP) is 5.47. The van der Waals surface area contributed by atoms with Crippen molar-refractivity contribution in [3.05, 3.63) is 40.7 Å². The topological polar surface area (TPSA) is 82.5 Å². The first-order chi connectivity index (χ1) is 20.0. The number of nitrogens with zero attached hydrogens (tertiary/aromatic N) is 6. The molecule has 1 spiro atoms. The molecule has 42 heavy (non-hydrogen) atoms. The van der Waals surface area contributed by atoms with Crippen molar-refractivity contribution in [3.63, 3.8) is 0 Å².